The fourth-order valence-electron chi connectivity index (χ4n) is 2.93. The Morgan fingerprint density at radius 3 is 2.38 bits per heavy atom. The first kappa shape index (κ1) is 15.9. The summed E-state index contributed by atoms with van der Waals surface area (Å²) in [5, 5.41) is 0. The molecular weight excluding hydrogens is 262 g/mol. The van der Waals surface area contributed by atoms with Crippen LogP contribution in [0.25, 0.3) is 0 Å². The molecule has 1 heterocycles. The maximum Gasteiger partial charge on any atom is 0.410 e. The molecule has 21 heavy (non-hydrogen) atoms. The lowest BCUT2D eigenvalue weighted by atomic mass is 9.91. The molecule has 0 radical (unpaired) electrons. The van der Waals surface area contributed by atoms with E-state index < -0.39 is 5.60 Å². The van der Waals surface area contributed by atoms with E-state index in [1.807, 2.05) is 25.7 Å². The number of ether oxygens (including phenoxy) is 1. The molecule has 3 nitrogen and oxygen atoms in total. The standard InChI is InChI=1S/C18H27NO2/c1-12-9-14(3)16(10-13(12)2)15-7-8-19(11-15)17(20)21-18(4,5)6/h9-10,15H,7-8,11H2,1-6H3. The van der Waals surface area contributed by atoms with Crippen molar-refractivity contribution in [2.24, 2.45) is 0 Å². The fourth-order valence-corrected chi connectivity index (χ4v) is 2.93. The van der Waals surface area contributed by atoms with Gasteiger partial charge in [0.05, 0.1) is 0 Å². The quantitative estimate of drug-likeness (QED) is 0.770. The number of nitrogens with zero attached hydrogens (tertiary/aromatic N) is 1. The fraction of sp³-hybridized carbons (Fsp3) is 0.611. The van der Waals surface area contributed by atoms with E-state index in [4.69, 9.17) is 4.74 Å². The summed E-state index contributed by atoms with van der Waals surface area (Å²) in [4.78, 5) is 14.0. The van der Waals surface area contributed by atoms with Crippen molar-refractivity contribution in [3.05, 3.63) is 34.4 Å². The summed E-state index contributed by atoms with van der Waals surface area (Å²) in [6.45, 7) is 13.7. The topological polar surface area (TPSA) is 29.5 Å². The van der Waals surface area contributed by atoms with Crippen LogP contribution in [0.2, 0.25) is 0 Å². The van der Waals surface area contributed by atoms with Crippen molar-refractivity contribution in [1.29, 1.82) is 0 Å². The normalized spacial score (nSPS) is 19.0. The smallest absolute Gasteiger partial charge is 0.410 e. The molecule has 0 aromatic heterocycles. The Hall–Kier alpha value is -1.51. The molecule has 1 aliphatic rings. The molecule has 0 bridgehead atoms. The van der Waals surface area contributed by atoms with Gasteiger partial charge in [0.1, 0.15) is 5.60 Å². The van der Waals surface area contributed by atoms with E-state index >= 15 is 0 Å². The number of hydrogen-bond acceptors (Lipinski definition) is 2. The van der Waals surface area contributed by atoms with Crippen LogP contribution < -0.4 is 0 Å². The average molecular weight is 289 g/mol. The van der Waals surface area contributed by atoms with Crippen LogP contribution in [0, 0.1) is 20.8 Å². The van der Waals surface area contributed by atoms with E-state index in [1.165, 1.54) is 22.3 Å². The van der Waals surface area contributed by atoms with Crippen LogP contribution in [-0.4, -0.2) is 29.7 Å². The van der Waals surface area contributed by atoms with Gasteiger partial charge in [-0.25, -0.2) is 4.79 Å². The third kappa shape index (κ3) is 3.78. The molecule has 0 aliphatic carbocycles. The maximum absolute atomic E-state index is 12.1. The van der Waals surface area contributed by atoms with Crippen LogP contribution in [0.15, 0.2) is 12.1 Å². The zero-order valence-corrected chi connectivity index (χ0v) is 14.1. The second-order valence-electron chi connectivity index (χ2n) is 7.21. The van der Waals surface area contributed by atoms with E-state index in [9.17, 15) is 4.79 Å². The molecule has 3 heteroatoms. The molecule has 1 saturated heterocycles. The van der Waals surface area contributed by atoms with Gasteiger partial charge in [-0.15, -0.1) is 0 Å². The number of likely N-dealkylation sites (tertiary alicyclic amines) is 1. The van der Waals surface area contributed by atoms with Gasteiger partial charge in [-0.2, -0.15) is 0 Å². The molecule has 1 aromatic rings. The minimum absolute atomic E-state index is 0.188. The summed E-state index contributed by atoms with van der Waals surface area (Å²) < 4.78 is 5.47. The van der Waals surface area contributed by atoms with Crippen LogP contribution in [0.5, 0.6) is 0 Å². The van der Waals surface area contributed by atoms with Crippen LogP contribution in [-0.2, 0) is 4.74 Å². The minimum atomic E-state index is -0.425. The number of aryl methyl sites for hydroxylation is 3. The molecule has 1 aromatic carbocycles. The number of carbonyl (C=O) groups is 1. The Kier molecular flexibility index (Phi) is 4.31. The van der Waals surface area contributed by atoms with Crippen molar-refractivity contribution >= 4 is 6.09 Å². The highest BCUT2D eigenvalue weighted by Crippen LogP contribution is 2.31. The molecule has 1 amide bonds. The second kappa shape index (κ2) is 5.70. The molecule has 1 atom stereocenters. The van der Waals surface area contributed by atoms with E-state index in [1.54, 1.807) is 0 Å². The first-order valence-corrected chi connectivity index (χ1v) is 7.73. The Morgan fingerprint density at radius 2 is 1.76 bits per heavy atom. The minimum Gasteiger partial charge on any atom is -0.444 e. The molecule has 0 spiro atoms. The summed E-state index contributed by atoms with van der Waals surface area (Å²) >= 11 is 0. The molecule has 1 fully saturated rings. The number of amides is 1. The van der Waals surface area contributed by atoms with Crippen molar-refractivity contribution < 1.29 is 9.53 Å². The zero-order chi connectivity index (χ0) is 15.8. The molecule has 2 rings (SSSR count). The molecule has 1 unspecified atom stereocenters. The Morgan fingerprint density at radius 1 is 1.14 bits per heavy atom. The van der Waals surface area contributed by atoms with Crippen molar-refractivity contribution in [2.75, 3.05) is 13.1 Å². The van der Waals surface area contributed by atoms with E-state index in [0.29, 0.717) is 5.92 Å². The predicted molar refractivity (Wildman–Crippen MR) is 85.8 cm³/mol. The molecule has 0 N–H and O–H groups in total. The third-order valence-electron chi connectivity index (χ3n) is 4.16. The predicted octanol–water partition coefficient (Wildman–Crippen LogP) is 4.34. The van der Waals surface area contributed by atoms with E-state index in [2.05, 4.69) is 32.9 Å². The molecule has 116 valence electrons. The largest absolute Gasteiger partial charge is 0.444 e. The van der Waals surface area contributed by atoms with Gasteiger partial charge in [-0.05, 0) is 70.2 Å². The van der Waals surface area contributed by atoms with Gasteiger partial charge < -0.3 is 9.64 Å². The lowest BCUT2D eigenvalue weighted by molar-refractivity contribution is 0.0292. The van der Waals surface area contributed by atoms with Crippen molar-refractivity contribution in [1.82, 2.24) is 4.90 Å². The summed E-state index contributed by atoms with van der Waals surface area (Å²) in [6, 6.07) is 4.54. The Balaban J connectivity index is 2.09. The highest BCUT2D eigenvalue weighted by molar-refractivity contribution is 5.68. The van der Waals surface area contributed by atoms with Gasteiger partial charge >= 0.3 is 6.09 Å². The molecular formula is C18H27NO2. The van der Waals surface area contributed by atoms with Crippen LogP contribution >= 0.6 is 0 Å². The van der Waals surface area contributed by atoms with Gasteiger partial charge in [-0.3, -0.25) is 0 Å². The maximum atomic E-state index is 12.1. The number of carbonyl (C=O) groups excluding carboxylic acids is 1. The lowest BCUT2D eigenvalue weighted by Crippen LogP contribution is -2.35. The first-order chi connectivity index (χ1) is 9.67. The highest BCUT2D eigenvalue weighted by atomic mass is 16.6. The highest BCUT2D eigenvalue weighted by Gasteiger charge is 2.31. The van der Waals surface area contributed by atoms with Crippen molar-refractivity contribution in [3.63, 3.8) is 0 Å². The SMILES string of the molecule is Cc1cc(C)c(C2CCN(C(=O)OC(C)(C)C)C2)cc1C. The van der Waals surface area contributed by atoms with Crippen LogP contribution in [0.3, 0.4) is 0 Å². The van der Waals surface area contributed by atoms with E-state index in [-0.39, 0.29) is 6.09 Å². The Bertz CT molecular complexity index is 543. The van der Waals surface area contributed by atoms with Gasteiger partial charge in [0.2, 0.25) is 0 Å². The van der Waals surface area contributed by atoms with Gasteiger partial charge in [0.15, 0.2) is 0 Å². The summed E-state index contributed by atoms with van der Waals surface area (Å²) in [5.74, 6) is 0.428. The van der Waals surface area contributed by atoms with Gasteiger partial charge in [-0.1, -0.05) is 12.1 Å². The number of rotatable bonds is 1. The number of hydrogen-bond donors (Lipinski definition) is 0. The Labute approximate surface area is 128 Å². The summed E-state index contributed by atoms with van der Waals surface area (Å²) in [5.41, 5.74) is 4.94. The van der Waals surface area contributed by atoms with Crippen LogP contribution in [0.1, 0.15) is 55.4 Å². The lowest BCUT2D eigenvalue weighted by Gasteiger charge is -2.24. The summed E-state index contributed by atoms with van der Waals surface area (Å²) in [7, 11) is 0. The summed E-state index contributed by atoms with van der Waals surface area (Å²) in [6.07, 6.45) is 0.828. The van der Waals surface area contributed by atoms with Crippen LogP contribution in [0.4, 0.5) is 4.79 Å². The first-order valence-electron chi connectivity index (χ1n) is 7.73. The molecule has 1 aliphatic heterocycles. The molecule has 0 saturated carbocycles. The monoisotopic (exact) mass is 289 g/mol. The average Bonchev–Trinajstić information content (AvgIpc) is 2.81. The number of benzene rings is 1. The second-order valence-corrected chi connectivity index (χ2v) is 7.21. The zero-order valence-electron chi connectivity index (χ0n) is 14.1. The third-order valence-corrected chi connectivity index (χ3v) is 4.16. The van der Waals surface area contributed by atoms with Gasteiger partial charge in [0.25, 0.3) is 0 Å². The van der Waals surface area contributed by atoms with Crippen molar-refractivity contribution in [2.45, 2.75) is 59.5 Å². The van der Waals surface area contributed by atoms with Gasteiger partial charge in [0, 0.05) is 19.0 Å². The van der Waals surface area contributed by atoms with Crippen molar-refractivity contribution in [3.8, 4) is 0 Å². The van der Waals surface area contributed by atoms with E-state index in [0.717, 1.165) is 19.5 Å².